The lowest BCUT2D eigenvalue weighted by molar-refractivity contribution is 0.195. The first-order valence-electron chi connectivity index (χ1n) is 9.05. The molecular weight excluding hydrogens is 300 g/mol. The van der Waals surface area contributed by atoms with Gasteiger partial charge in [-0.3, -0.25) is 4.90 Å². The summed E-state index contributed by atoms with van der Waals surface area (Å²) in [7, 11) is 1.73. The van der Waals surface area contributed by atoms with Gasteiger partial charge in [0.15, 0.2) is 5.96 Å². The number of nitrogens with zero attached hydrogens (tertiary/aromatic N) is 2. The van der Waals surface area contributed by atoms with Crippen molar-refractivity contribution in [3.05, 3.63) is 35.4 Å². The van der Waals surface area contributed by atoms with Crippen LogP contribution in [0.15, 0.2) is 29.3 Å². The molecule has 1 aromatic rings. The predicted molar refractivity (Wildman–Crippen MR) is 102 cm³/mol. The van der Waals surface area contributed by atoms with Gasteiger partial charge in [-0.05, 0) is 37.6 Å². The Morgan fingerprint density at radius 1 is 1.08 bits per heavy atom. The molecule has 0 aromatic heterocycles. The van der Waals surface area contributed by atoms with Crippen LogP contribution in [-0.4, -0.2) is 50.8 Å². The van der Waals surface area contributed by atoms with E-state index in [1.165, 1.54) is 11.1 Å². The van der Waals surface area contributed by atoms with Crippen LogP contribution in [0, 0.1) is 0 Å². The van der Waals surface area contributed by atoms with E-state index in [0.717, 1.165) is 51.7 Å². The topological polar surface area (TPSA) is 48.9 Å². The number of aliphatic imine (C=N–C) groups is 1. The molecule has 0 aliphatic rings. The van der Waals surface area contributed by atoms with Crippen molar-refractivity contribution in [2.45, 2.75) is 40.3 Å². The average Bonchev–Trinajstić information content (AvgIpc) is 2.62. The van der Waals surface area contributed by atoms with E-state index in [1.807, 2.05) is 0 Å². The van der Waals surface area contributed by atoms with Gasteiger partial charge in [0.25, 0.3) is 0 Å². The van der Waals surface area contributed by atoms with Crippen molar-refractivity contribution in [2.75, 3.05) is 39.9 Å². The molecule has 0 aliphatic heterocycles. The van der Waals surface area contributed by atoms with Gasteiger partial charge in [0, 0.05) is 33.4 Å². The molecule has 0 aliphatic carbocycles. The Labute approximate surface area is 147 Å². The predicted octanol–water partition coefficient (Wildman–Crippen LogP) is 2.62. The maximum absolute atomic E-state index is 5.08. The average molecular weight is 335 g/mol. The second kappa shape index (κ2) is 12.8. The Balaban J connectivity index is 2.70. The summed E-state index contributed by atoms with van der Waals surface area (Å²) in [4.78, 5) is 7.16. The lowest BCUT2D eigenvalue weighted by atomic mass is 10.1. The van der Waals surface area contributed by atoms with Crippen LogP contribution in [-0.2, 0) is 17.8 Å². The summed E-state index contributed by atoms with van der Waals surface area (Å²) < 4.78 is 5.08. The lowest BCUT2D eigenvalue weighted by Crippen LogP contribution is -2.38. The summed E-state index contributed by atoms with van der Waals surface area (Å²) in [5.41, 5.74) is 2.65. The molecule has 0 saturated heterocycles. The summed E-state index contributed by atoms with van der Waals surface area (Å²) >= 11 is 0. The first kappa shape index (κ1) is 20.5. The number of nitrogens with one attached hydrogen (secondary N) is 2. The minimum Gasteiger partial charge on any atom is -0.385 e. The summed E-state index contributed by atoms with van der Waals surface area (Å²) in [6.45, 7) is 12.8. The highest BCUT2D eigenvalue weighted by molar-refractivity contribution is 5.79. The van der Waals surface area contributed by atoms with E-state index in [1.54, 1.807) is 7.11 Å². The molecule has 0 radical (unpaired) electrons. The number of guanidine groups is 1. The third-order valence-corrected chi connectivity index (χ3v) is 3.98. The standard InChI is InChI=1S/C19H34N4O/c1-5-20-19(21-13-10-14-24-4)22-15-17-11-8-9-12-18(17)16-23(6-2)7-3/h8-9,11-12H,5-7,10,13-16H2,1-4H3,(H2,20,21,22). The number of rotatable bonds is 11. The molecular formula is C19H34N4O. The molecule has 0 fully saturated rings. The molecule has 0 amide bonds. The third-order valence-electron chi connectivity index (χ3n) is 3.98. The molecule has 0 unspecified atom stereocenters. The highest BCUT2D eigenvalue weighted by Gasteiger charge is 2.06. The van der Waals surface area contributed by atoms with Gasteiger partial charge in [-0.2, -0.15) is 0 Å². The van der Waals surface area contributed by atoms with E-state index in [-0.39, 0.29) is 0 Å². The molecule has 1 aromatic carbocycles. The van der Waals surface area contributed by atoms with Crippen LogP contribution in [0.2, 0.25) is 0 Å². The van der Waals surface area contributed by atoms with Crippen LogP contribution in [0.5, 0.6) is 0 Å². The van der Waals surface area contributed by atoms with Gasteiger partial charge >= 0.3 is 0 Å². The van der Waals surface area contributed by atoms with Gasteiger partial charge < -0.3 is 15.4 Å². The smallest absolute Gasteiger partial charge is 0.191 e. The fourth-order valence-electron chi connectivity index (χ4n) is 2.48. The maximum atomic E-state index is 5.08. The van der Waals surface area contributed by atoms with Crippen molar-refractivity contribution in [1.29, 1.82) is 0 Å². The van der Waals surface area contributed by atoms with E-state index < -0.39 is 0 Å². The Morgan fingerprint density at radius 2 is 1.79 bits per heavy atom. The van der Waals surface area contributed by atoms with E-state index in [4.69, 9.17) is 9.73 Å². The van der Waals surface area contributed by atoms with E-state index in [9.17, 15) is 0 Å². The first-order valence-corrected chi connectivity index (χ1v) is 9.05. The molecule has 24 heavy (non-hydrogen) atoms. The van der Waals surface area contributed by atoms with Crippen LogP contribution >= 0.6 is 0 Å². The highest BCUT2D eigenvalue weighted by atomic mass is 16.5. The van der Waals surface area contributed by atoms with Crippen LogP contribution in [0.3, 0.4) is 0 Å². The Morgan fingerprint density at radius 3 is 2.42 bits per heavy atom. The number of benzene rings is 1. The Kier molecular flexibility index (Phi) is 10.9. The van der Waals surface area contributed by atoms with Crippen molar-refractivity contribution in [3.8, 4) is 0 Å². The largest absolute Gasteiger partial charge is 0.385 e. The summed E-state index contributed by atoms with van der Waals surface area (Å²) in [6.07, 6.45) is 0.972. The Bertz CT molecular complexity index is 472. The van der Waals surface area contributed by atoms with E-state index >= 15 is 0 Å². The van der Waals surface area contributed by atoms with Gasteiger partial charge in [0.2, 0.25) is 0 Å². The molecule has 0 saturated carbocycles. The zero-order valence-corrected chi connectivity index (χ0v) is 15.8. The lowest BCUT2D eigenvalue weighted by Gasteiger charge is -2.20. The summed E-state index contributed by atoms with van der Waals surface area (Å²) in [5.74, 6) is 0.867. The van der Waals surface area contributed by atoms with Gasteiger partial charge in [0.1, 0.15) is 0 Å². The molecule has 0 bridgehead atoms. The summed E-state index contributed by atoms with van der Waals surface area (Å²) in [5, 5.41) is 6.66. The van der Waals surface area contributed by atoms with Crippen molar-refractivity contribution < 1.29 is 4.74 Å². The molecule has 2 N–H and O–H groups in total. The second-order valence-corrected chi connectivity index (χ2v) is 5.70. The van der Waals surface area contributed by atoms with Crippen molar-refractivity contribution in [2.24, 2.45) is 4.99 Å². The summed E-state index contributed by atoms with van der Waals surface area (Å²) in [6, 6.07) is 8.59. The zero-order valence-electron chi connectivity index (χ0n) is 15.8. The van der Waals surface area contributed by atoms with Crippen LogP contribution in [0.1, 0.15) is 38.3 Å². The van der Waals surface area contributed by atoms with Gasteiger partial charge in [-0.15, -0.1) is 0 Å². The SMILES string of the molecule is CCNC(=NCc1ccccc1CN(CC)CC)NCCCOC. The molecule has 0 spiro atoms. The maximum Gasteiger partial charge on any atom is 0.191 e. The van der Waals surface area contributed by atoms with Gasteiger partial charge in [0.05, 0.1) is 6.54 Å². The minimum atomic E-state index is 0.692. The van der Waals surface area contributed by atoms with Crippen LogP contribution < -0.4 is 10.6 Å². The fourth-order valence-corrected chi connectivity index (χ4v) is 2.48. The number of methoxy groups -OCH3 is 1. The molecule has 0 atom stereocenters. The minimum absolute atomic E-state index is 0.692. The zero-order chi connectivity index (χ0) is 17.6. The number of ether oxygens (including phenoxy) is 1. The fraction of sp³-hybridized carbons (Fsp3) is 0.632. The molecule has 5 heteroatoms. The number of hydrogen-bond acceptors (Lipinski definition) is 3. The molecule has 0 heterocycles. The monoisotopic (exact) mass is 334 g/mol. The van der Waals surface area contributed by atoms with E-state index in [0.29, 0.717) is 6.54 Å². The normalized spacial score (nSPS) is 11.8. The molecule has 136 valence electrons. The van der Waals surface area contributed by atoms with Gasteiger partial charge in [-0.25, -0.2) is 4.99 Å². The third kappa shape index (κ3) is 7.79. The molecule has 5 nitrogen and oxygen atoms in total. The quantitative estimate of drug-likeness (QED) is 0.371. The first-order chi connectivity index (χ1) is 11.7. The Hall–Kier alpha value is -1.59. The van der Waals surface area contributed by atoms with Crippen molar-refractivity contribution in [3.63, 3.8) is 0 Å². The number of hydrogen-bond donors (Lipinski definition) is 2. The molecule has 1 rings (SSSR count). The van der Waals surface area contributed by atoms with Crippen molar-refractivity contribution in [1.82, 2.24) is 15.5 Å². The van der Waals surface area contributed by atoms with Crippen molar-refractivity contribution >= 4 is 5.96 Å². The highest BCUT2D eigenvalue weighted by Crippen LogP contribution is 2.13. The van der Waals surface area contributed by atoms with Gasteiger partial charge in [-0.1, -0.05) is 38.1 Å². The second-order valence-electron chi connectivity index (χ2n) is 5.70. The van der Waals surface area contributed by atoms with Crippen LogP contribution in [0.25, 0.3) is 0 Å². The van der Waals surface area contributed by atoms with Crippen LogP contribution in [0.4, 0.5) is 0 Å². The van der Waals surface area contributed by atoms with E-state index in [2.05, 4.69) is 60.6 Å².